The van der Waals surface area contributed by atoms with Crippen molar-refractivity contribution in [3.05, 3.63) is 33.8 Å². The summed E-state index contributed by atoms with van der Waals surface area (Å²) in [6.45, 7) is 0.710. The predicted octanol–water partition coefficient (Wildman–Crippen LogP) is 3.75. The molecule has 1 aliphatic rings. The van der Waals surface area contributed by atoms with Crippen molar-refractivity contribution in [3.63, 3.8) is 0 Å². The van der Waals surface area contributed by atoms with Gasteiger partial charge in [0, 0.05) is 34.0 Å². The van der Waals surface area contributed by atoms with Crippen molar-refractivity contribution in [2.24, 2.45) is 5.92 Å². The first-order valence-corrected chi connectivity index (χ1v) is 7.88. The van der Waals surface area contributed by atoms with Crippen molar-refractivity contribution < 1.29 is 4.79 Å². The van der Waals surface area contributed by atoms with Gasteiger partial charge in [0.25, 0.3) is 0 Å². The lowest BCUT2D eigenvalue weighted by Gasteiger charge is -2.07. The number of rotatable bonds is 6. The van der Waals surface area contributed by atoms with Crippen LogP contribution in [0.3, 0.4) is 0 Å². The van der Waals surface area contributed by atoms with E-state index in [1.807, 2.05) is 18.2 Å². The van der Waals surface area contributed by atoms with Crippen molar-refractivity contribution in [2.75, 3.05) is 12.3 Å². The quantitative estimate of drug-likeness (QED) is 0.811. The van der Waals surface area contributed by atoms with Crippen molar-refractivity contribution >= 4 is 40.9 Å². The van der Waals surface area contributed by atoms with E-state index in [4.69, 9.17) is 23.2 Å². The molecule has 1 amide bonds. The summed E-state index contributed by atoms with van der Waals surface area (Å²) >= 11 is 13.9. The maximum Gasteiger partial charge on any atom is 0.223 e. The highest BCUT2D eigenvalue weighted by Crippen LogP contribution is 2.29. The van der Waals surface area contributed by atoms with Gasteiger partial charge in [-0.15, -0.1) is 0 Å². The Morgan fingerprint density at radius 3 is 2.61 bits per heavy atom. The van der Waals surface area contributed by atoms with Crippen LogP contribution in [0.4, 0.5) is 0 Å². The zero-order chi connectivity index (χ0) is 13.0. The summed E-state index contributed by atoms with van der Waals surface area (Å²) in [5.41, 5.74) is 0.972. The van der Waals surface area contributed by atoms with E-state index in [-0.39, 0.29) is 11.8 Å². The lowest BCUT2D eigenvalue weighted by atomic mass is 10.2. The second-order valence-electron chi connectivity index (χ2n) is 4.32. The summed E-state index contributed by atoms with van der Waals surface area (Å²) in [5.74, 6) is 2.14. The van der Waals surface area contributed by atoms with E-state index in [1.54, 1.807) is 11.8 Å². The molecule has 2 nitrogen and oxygen atoms in total. The van der Waals surface area contributed by atoms with E-state index in [0.29, 0.717) is 16.6 Å². The van der Waals surface area contributed by atoms with Gasteiger partial charge in [0.1, 0.15) is 0 Å². The lowest BCUT2D eigenvalue weighted by molar-refractivity contribution is -0.122. The highest BCUT2D eigenvalue weighted by atomic mass is 35.5. The highest BCUT2D eigenvalue weighted by molar-refractivity contribution is 7.98. The number of thioether (sulfide) groups is 1. The third kappa shape index (κ3) is 4.08. The van der Waals surface area contributed by atoms with Gasteiger partial charge in [-0.3, -0.25) is 4.79 Å². The molecule has 1 fully saturated rings. The van der Waals surface area contributed by atoms with Gasteiger partial charge < -0.3 is 5.32 Å². The fourth-order valence-electron chi connectivity index (χ4n) is 1.58. The number of carbonyl (C=O) groups excluding carboxylic acids is 1. The Hall–Kier alpha value is -0.380. The first-order valence-electron chi connectivity index (χ1n) is 5.97. The molecule has 0 atom stereocenters. The maximum absolute atomic E-state index is 11.4. The van der Waals surface area contributed by atoms with Gasteiger partial charge in [-0.1, -0.05) is 29.3 Å². The summed E-state index contributed by atoms with van der Waals surface area (Å²) in [6.07, 6.45) is 2.10. The van der Waals surface area contributed by atoms with Gasteiger partial charge in [0.15, 0.2) is 0 Å². The standard InChI is InChI=1S/C13H15Cl2NOS/c14-11-2-1-3-12(15)10(11)8-18-7-6-16-13(17)9-4-5-9/h1-3,9H,4-8H2,(H,16,17). The zero-order valence-electron chi connectivity index (χ0n) is 9.92. The van der Waals surface area contributed by atoms with E-state index >= 15 is 0 Å². The van der Waals surface area contributed by atoms with Gasteiger partial charge in [0.05, 0.1) is 0 Å². The minimum Gasteiger partial charge on any atom is -0.355 e. The Bertz CT molecular complexity index is 415. The van der Waals surface area contributed by atoms with Gasteiger partial charge >= 0.3 is 0 Å². The Morgan fingerprint density at radius 2 is 2.00 bits per heavy atom. The number of hydrogen-bond acceptors (Lipinski definition) is 2. The number of amides is 1. The molecule has 1 saturated carbocycles. The molecule has 0 heterocycles. The molecule has 1 aliphatic carbocycles. The third-order valence-corrected chi connectivity index (χ3v) is 4.50. The van der Waals surface area contributed by atoms with Crippen LogP contribution in [0.15, 0.2) is 18.2 Å². The molecule has 1 aromatic carbocycles. The molecule has 18 heavy (non-hydrogen) atoms. The van der Waals surface area contributed by atoms with E-state index in [9.17, 15) is 4.79 Å². The summed E-state index contributed by atoms with van der Waals surface area (Å²) in [6, 6.07) is 5.53. The Morgan fingerprint density at radius 1 is 1.33 bits per heavy atom. The summed E-state index contributed by atoms with van der Waals surface area (Å²) in [7, 11) is 0. The Kier molecular flexibility index (Phi) is 5.22. The van der Waals surface area contributed by atoms with Gasteiger partial charge in [-0.05, 0) is 30.5 Å². The van der Waals surface area contributed by atoms with Crippen molar-refractivity contribution in [2.45, 2.75) is 18.6 Å². The first-order chi connectivity index (χ1) is 8.68. The first kappa shape index (κ1) is 14.0. The normalized spacial score (nSPS) is 14.6. The van der Waals surface area contributed by atoms with E-state index in [1.165, 1.54) is 0 Å². The minimum atomic E-state index is 0.200. The van der Waals surface area contributed by atoms with Crippen LogP contribution in [0.2, 0.25) is 10.0 Å². The van der Waals surface area contributed by atoms with Crippen molar-refractivity contribution in [1.29, 1.82) is 0 Å². The third-order valence-electron chi connectivity index (χ3n) is 2.80. The molecule has 0 radical (unpaired) electrons. The maximum atomic E-state index is 11.4. The van der Waals surface area contributed by atoms with Gasteiger partial charge in [0.2, 0.25) is 5.91 Å². The second kappa shape index (κ2) is 6.69. The minimum absolute atomic E-state index is 0.200. The van der Waals surface area contributed by atoms with Crippen molar-refractivity contribution in [3.8, 4) is 0 Å². The van der Waals surface area contributed by atoms with Crippen LogP contribution in [-0.4, -0.2) is 18.2 Å². The zero-order valence-corrected chi connectivity index (χ0v) is 12.2. The Balaban J connectivity index is 1.67. The van der Waals surface area contributed by atoms with Crippen LogP contribution >= 0.6 is 35.0 Å². The summed E-state index contributed by atoms with van der Waals surface area (Å²) in [4.78, 5) is 11.4. The molecule has 0 saturated heterocycles. The molecule has 1 N–H and O–H groups in total. The number of carbonyl (C=O) groups is 1. The number of hydrogen-bond donors (Lipinski definition) is 1. The smallest absolute Gasteiger partial charge is 0.223 e. The molecule has 0 unspecified atom stereocenters. The largest absolute Gasteiger partial charge is 0.355 e. The van der Waals surface area contributed by atoms with E-state index < -0.39 is 0 Å². The molecule has 0 aliphatic heterocycles. The fraction of sp³-hybridized carbons (Fsp3) is 0.462. The lowest BCUT2D eigenvalue weighted by Crippen LogP contribution is -2.26. The molecule has 1 aromatic rings. The molecular formula is C13H15Cl2NOS. The van der Waals surface area contributed by atoms with E-state index in [0.717, 1.165) is 29.9 Å². The molecule has 0 bridgehead atoms. The molecule has 0 spiro atoms. The molecule has 0 aromatic heterocycles. The van der Waals surface area contributed by atoms with Crippen LogP contribution in [0.1, 0.15) is 18.4 Å². The average molecular weight is 304 g/mol. The number of nitrogens with one attached hydrogen (secondary N) is 1. The van der Waals surface area contributed by atoms with Crippen LogP contribution in [-0.2, 0) is 10.5 Å². The molecule has 2 rings (SSSR count). The van der Waals surface area contributed by atoms with Crippen LogP contribution in [0, 0.1) is 5.92 Å². The summed E-state index contributed by atoms with van der Waals surface area (Å²) < 4.78 is 0. The van der Waals surface area contributed by atoms with Crippen molar-refractivity contribution in [1.82, 2.24) is 5.32 Å². The van der Waals surface area contributed by atoms with Crippen LogP contribution < -0.4 is 5.32 Å². The number of benzene rings is 1. The Labute approximate surface area is 121 Å². The predicted molar refractivity (Wildman–Crippen MR) is 78.4 cm³/mol. The molecular weight excluding hydrogens is 289 g/mol. The average Bonchev–Trinajstić information content (AvgIpc) is 3.15. The van der Waals surface area contributed by atoms with Gasteiger partial charge in [-0.25, -0.2) is 0 Å². The number of halogens is 2. The monoisotopic (exact) mass is 303 g/mol. The SMILES string of the molecule is O=C(NCCSCc1c(Cl)cccc1Cl)C1CC1. The molecule has 98 valence electrons. The highest BCUT2D eigenvalue weighted by Gasteiger charge is 2.28. The summed E-state index contributed by atoms with van der Waals surface area (Å²) in [5, 5.41) is 4.35. The topological polar surface area (TPSA) is 29.1 Å². The van der Waals surface area contributed by atoms with Crippen LogP contribution in [0.25, 0.3) is 0 Å². The second-order valence-corrected chi connectivity index (χ2v) is 6.24. The van der Waals surface area contributed by atoms with Gasteiger partial charge in [-0.2, -0.15) is 11.8 Å². The molecule has 5 heteroatoms. The van der Waals surface area contributed by atoms with E-state index in [2.05, 4.69) is 5.32 Å². The van der Waals surface area contributed by atoms with Crippen LogP contribution in [0.5, 0.6) is 0 Å². The fourth-order valence-corrected chi connectivity index (χ4v) is 3.18.